The van der Waals surface area contributed by atoms with Crippen LogP contribution in [0, 0.1) is 13.8 Å². The number of hydrogen-bond acceptors (Lipinski definition) is 2. The minimum atomic E-state index is -0.137. The topological polar surface area (TPSA) is 42.0 Å². The Hall–Kier alpha value is -2.42. The van der Waals surface area contributed by atoms with Gasteiger partial charge in [-0.1, -0.05) is 6.07 Å². The molecule has 0 saturated carbocycles. The van der Waals surface area contributed by atoms with Gasteiger partial charge in [0.15, 0.2) is 0 Å². The van der Waals surface area contributed by atoms with Crippen molar-refractivity contribution in [2.75, 3.05) is 5.32 Å². The van der Waals surface area contributed by atoms with Gasteiger partial charge >= 0.3 is 0 Å². The van der Waals surface area contributed by atoms with E-state index in [0.29, 0.717) is 0 Å². The first-order chi connectivity index (χ1) is 9.13. The Kier molecular flexibility index (Phi) is 4.08. The Morgan fingerprint density at radius 2 is 1.74 bits per heavy atom. The van der Waals surface area contributed by atoms with Crippen molar-refractivity contribution < 1.29 is 4.79 Å². The number of aromatic nitrogens is 1. The van der Waals surface area contributed by atoms with Crippen molar-refractivity contribution in [3.63, 3.8) is 0 Å². The predicted molar refractivity (Wildman–Crippen MR) is 77.8 cm³/mol. The largest absolute Gasteiger partial charge is 0.322 e. The van der Waals surface area contributed by atoms with Crippen LogP contribution < -0.4 is 5.32 Å². The monoisotopic (exact) mass is 252 g/mol. The number of anilines is 1. The van der Waals surface area contributed by atoms with E-state index in [4.69, 9.17) is 0 Å². The van der Waals surface area contributed by atoms with Gasteiger partial charge in [0.05, 0.1) is 0 Å². The summed E-state index contributed by atoms with van der Waals surface area (Å²) in [5.41, 5.74) is 4.04. The number of hydrogen-bond donors (Lipinski definition) is 1. The molecule has 3 nitrogen and oxygen atoms in total. The van der Waals surface area contributed by atoms with E-state index < -0.39 is 0 Å². The van der Waals surface area contributed by atoms with Gasteiger partial charge in [0, 0.05) is 24.2 Å². The van der Waals surface area contributed by atoms with Crippen LogP contribution in [-0.2, 0) is 4.79 Å². The number of rotatable bonds is 3. The Morgan fingerprint density at radius 3 is 2.37 bits per heavy atom. The standard InChI is InChI=1S/C16H16N2O/c1-12-9-13(2)11-15(10-12)18-16(19)4-3-14-5-7-17-8-6-14/h3-11H,1-2H3,(H,18,19)/b4-3+. The zero-order valence-electron chi connectivity index (χ0n) is 11.1. The van der Waals surface area contributed by atoms with Gasteiger partial charge in [0.25, 0.3) is 0 Å². The van der Waals surface area contributed by atoms with Crippen LogP contribution in [0.2, 0.25) is 0 Å². The molecular formula is C16H16N2O. The fraction of sp³-hybridized carbons (Fsp3) is 0.125. The van der Waals surface area contributed by atoms with Crippen molar-refractivity contribution in [2.45, 2.75) is 13.8 Å². The molecule has 0 atom stereocenters. The zero-order valence-corrected chi connectivity index (χ0v) is 11.1. The SMILES string of the molecule is Cc1cc(C)cc(NC(=O)/C=C/c2ccncc2)c1. The van der Waals surface area contributed by atoms with Crippen LogP contribution in [0.1, 0.15) is 16.7 Å². The molecule has 1 aromatic carbocycles. The number of aryl methyl sites for hydroxylation is 2. The molecule has 0 aliphatic heterocycles. The van der Waals surface area contributed by atoms with Gasteiger partial charge in [-0.25, -0.2) is 0 Å². The predicted octanol–water partition coefficient (Wildman–Crippen LogP) is 3.35. The molecule has 0 radical (unpaired) electrons. The summed E-state index contributed by atoms with van der Waals surface area (Å²) in [5, 5.41) is 2.85. The average molecular weight is 252 g/mol. The van der Waals surface area contributed by atoms with E-state index >= 15 is 0 Å². The third-order valence-corrected chi connectivity index (χ3v) is 2.62. The van der Waals surface area contributed by atoms with Gasteiger partial charge in [-0.15, -0.1) is 0 Å². The summed E-state index contributed by atoms with van der Waals surface area (Å²) < 4.78 is 0. The maximum Gasteiger partial charge on any atom is 0.248 e. The van der Waals surface area contributed by atoms with Crippen LogP contribution in [-0.4, -0.2) is 10.9 Å². The molecule has 1 aromatic heterocycles. The van der Waals surface area contributed by atoms with Crippen molar-refractivity contribution in [1.82, 2.24) is 4.98 Å². The first-order valence-electron chi connectivity index (χ1n) is 6.11. The molecule has 1 amide bonds. The van der Waals surface area contributed by atoms with Gasteiger partial charge in [-0.05, 0) is 60.9 Å². The molecule has 2 aromatic rings. The van der Waals surface area contributed by atoms with Crippen molar-refractivity contribution in [1.29, 1.82) is 0 Å². The zero-order chi connectivity index (χ0) is 13.7. The lowest BCUT2D eigenvalue weighted by molar-refractivity contribution is -0.111. The van der Waals surface area contributed by atoms with E-state index in [1.165, 1.54) is 6.08 Å². The van der Waals surface area contributed by atoms with Gasteiger partial charge in [-0.2, -0.15) is 0 Å². The van der Waals surface area contributed by atoms with Crippen molar-refractivity contribution in [2.24, 2.45) is 0 Å². The lowest BCUT2D eigenvalue weighted by atomic mass is 10.1. The number of benzene rings is 1. The van der Waals surface area contributed by atoms with E-state index in [1.54, 1.807) is 18.5 Å². The summed E-state index contributed by atoms with van der Waals surface area (Å²) in [6, 6.07) is 9.67. The normalized spacial score (nSPS) is 10.6. The Balaban J connectivity index is 2.03. The molecule has 3 heteroatoms. The second-order valence-electron chi connectivity index (χ2n) is 4.48. The molecular weight excluding hydrogens is 236 g/mol. The third kappa shape index (κ3) is 4.07. The summed E-state index contributed by atoms with van der Waals surface area (Å²) in [5.74, 6) is -0.137. The van der Waals surface area contributed by atoms with E-state index in [2.05, 4.69) is 16.4 Å². The molecule has 19 heavy (non-hydrogen) atoms. The van der Waals surface area contributed by atoms with E-state index in [0.717, 1.165) is 22.4 Å². The second kappa shape index (κ2) is 5.96. The lowest BCUT2D eigenvalue weighted by Crippen LogP contribution is -2.08. The van der Waals surface area contributed by atoms with Crippen molar-refractivity contribution in [3.8, 4) is 0 Å². The molecule has 96 valence electrons. The highest BCUT2D eigenvalue weighted by molar-refractivity contribution is 6.02. The van der Waals surface area contributed by atoms with Gasteiger partial charge in [0.1, 0.15) is 0 Å². The van der Waals surface area contributed by atoms with Crippen LogP contribution in [0.25, 0.3) is 6.08 Å². The van der Waals surface area contributed by atoms with Crippen LogP contribution in [0.4, 0.5) is 5.69 Å². The summed E-state index contributed by atoms with van der Waals surface area (Å²) in [7, 11) is 0. The maximum atomic E-state index is 11.8. The number of nitrogens with one attached hydrogen (secondary N) is 1. The highest BCUT2D eigenvalue weighted by Crippen LogP contribution is 2.13. The third-order valence-electron chi connectivity index (χ3n) is 2.62. The van der Waals surface area contributed by atoms with Crippen LogP contribution in [0.15, 0.2) is 48.8 Å². The molecule has 2 rings (SSSR count). The highest BCUT2D eigenvalue weighted by Gasteiger charge is 1.99. The second-order valence-corrected chi connectivity index (χ2v) is 4.48. The number of nitrogens with zero attached hydrogens (tertiary/aromatic N) is 1. The molecule has 1 heterocycles. The fourth-order valence-corrected chi connectivity index (χ4v) is 1.88. The van der Waals surface area contributed by atoms with Crippen molar-refractivity contribution in [3.05, 3.63) is 65.5 Å². The Labute approximate surface area is 113 Å². The van der Waals surface area contributed by atoms with Crippen molar-refractivity contribution >= 4 is 17.7 Å². The Bertz CT molecular complexity index is 583. The van der Waals surface area contributed by atoms with Crippen LogP contribution in [0.3, 0.4) is 0 Å². The molecule has 0 spiro atoms. The average Bonchev–Trinajstić information content (AvgIpc) is 2.36. The van der Waals surface area contributed by atoms with Crippen LogP contribution >= 0.6 is 0 Å². The fourth-order valence-electron chi connectivity index (χ4n) is 1.88. The molecule has 0 aliphatic rings. The van der Waals surface area contributed by atoms with E-state index in [9.17, 15) is 4.79 Å². The first-order valence-corrected chi connectivity index (χ1v) is 6.11. The molecule has 1 N–H and O–H groups in total. The Morgan fingerprint density at radius 1 is 1.11 bits per heavy atom. The smallest absolute Gasteiger partial charge is 0.248 e. The van der Waals surface area contributed by atoms with E-state index in [1.807, 2.05) is 38.1 Å². The molecule has 0 unspecified atom stereocenters. The minimum absolute atomic E-state index is 0.137. The lowest BCUT2D eigenvalue weighted by Gasteiger charge is -2.05. The number of pyridine rings is 1. The first kappa shape index (κ1) is 13.0. The van der Waals surface area contributed by atoms with E-state index in [-0.39, 0.29) is 5.91 Å². The van der Waals surface area contributed by atoms with Gasteiger partial charge in [0.2, 0.25) is 5.91 Å². The molecule has 0 aliphatic carbocycles. The number of carbonyl (C=O) groups excluding carboxylic acids is 1. The molecule has 0 saturated heterocycles. The summed E-state index contributed by atoms with van der Waals surface area (Å²) >= 11 is 0. The quantitative estimate of drug-likeness (QED) is 0.851. The summed E-state index contributed by atoms with van der Waals surface area (Å²) in [4.78, 5) is 15.7. The molecule has 0 bridgehead atoms. The van der Waals surface area contributed by atoms with Crippen LogP contribution in [0.5, 0.6) is 0 Å². The summed E-state index contributed by atoms with van der Waals surface area (Å²) in [6.07, 6.45) is 6.68. The minimum Gasteiger partial charge on any atom is -0.322 e. The summed E-state index contributed by atoms with van der Waals surface area (Å²) in [6.45, 7) is 4.02. The van der Waals surface area contributed by atoms with Gasteiger partial charge in [-0.3, -0.25) is 9.78 Å². The maximum absolute atomic E-state index is 11.8. The highest BCUT2D eigenvalue weighted by atomic mass is 16.1. The van der Waals surface area contributed by atoms with Gasteiger partial charge < -0.3 is 5.32 Å². The number of carbonyl (C=O) groups is 1. The number of amides is 1. The molecule has 0 fully saturated rings.